The van der Waals surface area contributed by atoms with Gasteiger partial charge in [-0.1, -0.05) is 42.5 Å². The van der Waals surface area contributed by atoms with Gasteiger partial charge in [-0.05, 0) is 54.0 Å². The maximum absolute atomic E-state index is 12.5. The summed E-state index contributed by atoms with van der Waals surface area (Å²) in [5.74, 6) is -0.233. The minimum absolute atomic E-state index is 0.0315. The Kier molecular flexibility index (Phi) is 6.01. The summed E-state index contributed by atoms with van der Waals surface area (Å²) in [7, 11) is 0. The Hall–Kier alpha value is -3.25. The standard InChI is InChI=1S/C22H20N2O3S/c1-3-12-24-21(26)19(20(25)23-22(24)28)13-16-8-10-18(11-9-16)27-14-17-7-5-4-6-15(17)2/h3-11,13H,1,12,14H2,2H3,(H,23,25,28). The fourth-order valence-electron chi connectivity index (χ4n) is 2.75. The van der Waals surface area contributed by atoms with Crippen molar-refractivity contribution in [2.45, 2.75) is 13.5 Å². The maximum atomic E-state index is 12.5. The quantitative estimate of drug-likeness (QED) is 0.354. The zero-order valence-electron chi connectivity index (χ0n) is 15.5. The van der Waals surface area contributed by atoms with Crippen LogP contribution in [0.4, 0.5) is 0 Å². The lowest BCUT2D eigenvalue weighted by Crippen LogP contribution is -2.53. The second kappa shape index (κ2) is 8.63. The summed E-state index contributed by atoms with van der Waals surface area (Å²) < 4.78 is 5.82. The normalized spacial score (nSPS) is 15.5. The number of hydrogen-bond acceptors (Lipinski definition) is 4. The highest BCUT2D eigenvalue weighted by Crippen LogP contribution is 2.19. The molecule has 0 atom stereocenters. The van der Waals surface area contributed by atoms with Gasteiger partial charge in [-0.15, -0.1) is 6.58 Å². The molecule has 2 aromatic rings. The van der Waals surface area contributed by atoms with Crippen LogP contribution in [0.15, 0.2) is 66.8 Å². The zero-order chi connectivity index (χ0) is 20.1. The summed E-state index contributed by atoms with van der Waals surface area (Å²) in [6.45, 7) is 6.36. The molecule has 2 amide bonds. The van der Waals surface area contributed by atoms with Crippen LogP contribution in [0.25, 0.3) is 6.08 Å². The fourth-order valence-corrected chi connectivity index (χ4v) is 3.00. The van der Waals surface area contributed by atoms with Crippen LogP contribution in [0.3, 0.4) is 0 Å². The lowest BCUT2D eigenvalue weighted by molar-refractivity contribution is -0.128. The number of ether oxygens (including phenoxy) is 1. The molecule has 0 bridgehead atoms. The second-order valence-corrected chi connectivity index (χ2v) is 6.69. The number of amides is 2. The zero-order valence-corrected chi connectivity index (χ0v) is 16.3. The van der Waals surface area contributed by atoms with Gasteiger partial charge in [0.1, 0.15) is 17.9 Å². The van der Waals surface area contributed by atoms with E-state index >= 15 is 0 Å². The molecular formula is C22H20N2O3S. The number of benzene rings is 2. The first kappa shape index (κ1) is 19.5. The summed E-state index contributed by atoms with van der Waals surface area (Å²) in [6, 6.07) is 15.3. The Morgan fingerprint density at radius 1 is 1.14 bits per heavy atom. The first-order chi connectivity index (χ1) is 13.5. The summed E-state index contributed by atoms with van der Waals surface area (Å²) in [6.07, 6.45) is 3.10. The molecule has 1 N–H and O–H groups in total. The van der Waals surface area contributed by atoms with Crippen LogP contribution in [-0.2, 0) is 16.2 Å². The molecular weight excluding hydrogens is 372 g/mol. The molecule has 2 aromatic carbocycles. The van der Waals surface area contributed by atoms with Crippen molar-refractivity contribution >= 4 is 35.2 Å². The monoisotopic (exact) mass is 392 g/mol. The van der Waals surface area contributed by atoms with Crippen molar-refractivity contribution in [3.05, 3.63) is 83.4 Å². The lowest BCUT2D eigenvalue weighted by Gasteiger charge is -2.27. The van der Waals surface area contributed by atoms with Crippen LogP contribution in [0.1, 0.15) is 16.7 Å². The molecule has 3 rings (SSSR count). The minimum Gasteiger partial charge on any atom is -0.489 e. The Morgan fingerprint density at radius 3 is 2.54 bits per heavy atom. The number of aryl methyl sites for hydroxylation is 1. The van der Waals surface area contributed by atoms with Crippen LogP contribution in [0.5, 0.6) is 5.75 Å². The average molecular weight is 392 g/mol. The van der Waals surface area contributed by atoms with E-state index in [-0.39, 0.29) is 17.2 Å². The van der Waals surface area contributed by atoms with Gasteiger partial charge in [0.25, 0.3) is 11.8 Å². The Morgan fingerprint density at radius 2 is 1.86 bits per heavy atom. The van der Waals surface area contributed by atoms with Gasteiger partial charge in [-0.25, -0.2) is 0 Å². The summed E-state index contributed by atoms with van der Waals surface area (Å²) in [4.78, 5) is 26.0. The van der Waals surface area contributed by atoms with Crippen LogP contribution < -0.4 is 10.1 Å². The molecule has 0 unspecified atom stereocenters. The second-order valence-electron chi connectivity index (χ2n) is 6.31. The van der Waals surface area contributed by atoms with Crippen molar-refractivity contribution < 1.29 is 14.3 Å². The van der Waals surface area contributed by atoms with Crippen molar-refractivity contribution in [1.82, 2.24) is 10.2 Å². The molecule has 28 heavy (non-hydrogen) atoms. The van der Waals surface area contributed by atoms with Gasteiger partial charge in [-0.3, -0.25) is 19.8 Å². The van der Waals surface area contributed by atoms with E-state index in [9.17, 15) is 9.59 Å². The highest BCUT2D eigenvalue weighted by Gasteiger charge is 2.32. The molecule has 142 valence electrons. The molecule has 0 spiro atoms. The van der Waals surface area contributed by atoms with Gasteiger partial charge >= 0.3 is 0 Å². The third kappa shape index (κ3) is 4.35. The first-order valence-electron chi connectivity index (χ1n) is 8.76. The number of nitrogens with zero attached hydrogens (tertiary/aromatic N) is 1. The van der Waals surface area contributed by atoms with E-state index in [0.717, 1.165) is 5.56 Å². The fraction of sp³-hybridized carbons (Fsp3) is 0.136. The highest BCUT2D eigenvalue weighted by atomic mass is 32.1. The Balaban J connectivity index is 1.73. The van der Waals surface area contributed by atoms with Crippen molar-refractivity contribution in [2.24, 2.45) is 0 Å². The van der Waals surface area contributed by atoms with Crippen LogP contribution >= 0.6 is 12.2 Å². The van der Waals surface area contributed by atoms with Gasteiger partial charge in [0.15, 0.2) is 5.11 Å². The molecule has 0 aromatic heterocycles. The number of nitrogens with one attached hydrogen (secondary N) is 1. The van der Waals surface area contributed by atoms with Crippen molar-refractivity contribution in [3.8, 4) is 5.75 Å². The van der Waals surface area contributed by atoms with Gasteiger partial charge < -0.3 is 4.74 Å². The number of carbonyl (C=O) groups excluding carboxylic acids is 2. The molecule has 1 heterocycles. The number of thiocarbonyl (C=S) groups is 1. The summed E-state index contributed by atoms with van der Waals surface area (Å²) in [5, 5.41) is 2.62. The van der Waals surface area contributed by atoms with Crippen molar-refractivity contribution in [1.29, 1.82) is 0 Å². The van der Waals surface area contributed by atoms with Gasteiger partial charge in [0, 0.05) is 6.54 Å². The minimum atomic E-state index is -0.504. The molecule has 1 aliphatic rings. The molecule has 0 radical (unpaired) electrons. The van der Waals surface area contributed by atoms with Gasteiger partial charge in [-0.2, -0.15) is 0 Å². The third-order valence-corrected chi connectivity index (χ3v) is 4.67. The summed E-state index contributed by atoms with van der Waals surface area (Å²) >= 11 is 5.04. The van der Waals surface area contributed by atoms with Gasteiger partial charge in [0.05, 0.1) is 0 Å². The van der Waals surface area contributed by atoms with Crippen molar-refractivity contribution in [2.75, 3.05) is 6.54 Å². The van der Waals surface area contributed by atoms with E-state index in [1.165, 1.54) is 10.5 Å². The van der Waals surface area contributed by atoms with E-state index in [1.54, 1.807) is 24.3 Å². The Bertz CT molecular complexity index is 964. The van der Waals surface area contributed by atoms with Crippen molar-refractivity contribution in [3.63, 3.8) is 0 Å². The van der Waals surface area contributed by atoms with Crippen LogP contribution in [0.2, 0.25) is 0 Å². The number of rotatable bonds is 6. The van der Waals surface area contributed by atoms with E-state index in [2.05, 4.69) is 11.9 Å². The molecule has 0 saturated carbocycles. The number of hydrogen-bond donors (Lipinski definition) is 1. The topological polar surface area (TPSA) is 58.6 Å². The largest absolute Gasteiger partial charge is 0.489 e. The maximum Gasteiger partial charge on any atom is 0.265 e. The van der Waals surface area contributed by atoms with Gasteiger partial charge in [0.2, 0.25) is 0 Å². The predicted molar refractivity (Wildman–Crippen MR) is 113 cm³/mol. The SMILES string of the molecule is C=CCN1C(=O)C(=Cc2ccc(OCc3ccccc3C)cc2)C(=O)NC1=S. The molecule has 1 aliphatic heterocycles. The molecule has 6 heteroatoms. The smallest absolute Gasteiger partial charge is 0.265 e. The molecule has 5 nitrogen and oxygen atoms in total. The molecule has 1 saturated heterocycles. The first-order valence-corrected chi connectivity index (χ1v) is 9.17. The van der Waals surface area contributed by atoms with E-state index in [1.807, 2.05) is 43.3 Å². The molecule has 0 aliphatic carbocycles. The van der Waals surface area contributed by atoms with E-state index in [0.29, 0.717) is 17.9 Å². The highest BCUT2D eigenvalue weighted by molar-refractivity contribution is 7.80. The van der Waals surface area contributed by atoms with E-state index < -0.39 is 11.8 Å². The predicted octanol–water partition coefficient (Wildman–Crippen LogP) is 3.39. The summed E-state index contributed by atoms with van der Waals surface area (Å²) in [5.41, 5.74) is 3.04. The third-order valence-electron chi connectivity index (χ3n) is 4.34. The Labute approximate surface area is 169 Å². The number of carbonyl (C=O) groups is 2. The molecule has 1 fully saturated rings. The van der Waals surface area contributed by atoms with Crippen LogP contribution in [-0.4, -0.2) is 28.4 Å². The van der Waals surface area contributed by atoms with E-state index in [4.69, 9.17) is 17.0 Å². The lowest BCUT2D eigenvalue weighted by atomic mass is 10.1. The van der Waals surface area contributed by atoms with Crippen LogP contribution in [0, 0.1) is 6.92 Å². The average Bonchev–Trinajstić information content (AvgIpc) is 2.69.